The van der Waals surface area contributed by atoms with Gasteiger partial charge in [-0.3, -0.25) is 4.98 Å². The van der Waals surface area contributed by atoms with Crippen LogP contribution in [-0.4, -0.2) is 74.9 Å². The van der Waals surface area contributed by atoms with E-state index < -0.39 is 26.2 Å². The van der Waals surface area contributed by atoms with Gasteiger partial charge in [0.1, 0.15) is 11.5 Å². The molecule has 1 N–H and O–H groups in total. The minimum absolute atomic E-state index is 0.0406. The smallest absolute Gasteiger partial charge is 0.243 e. The maximum atomic E-state index is 13.4. The van der Waals surface area contributed by atoms with Crippen molar-refractivity contribution in [2.45, 2.75) is 62.7 Å². The third kappa shape index (κ3) is 8.72. The molecule has 1 aliphatic rings. The molecule has 1 aromatic heterocycles. The Morgan fingerprint density at radius 3 is 2.32 bits per heavy atom. The number of benzene rings is 1. The van der Waals surface area contributed by atoms with E-state index in [4.69, 9.17) is 4.74 Å². The van der Waals surface area contributed by atoms with E-state index in [-0.39, 0.29) is 42.6 Å². The van der Waals surface area contributed by atoms with Gasteiger partial charge in [0.05, 0.1) is 23.6 Å². The fraction of sp³-hybridized carbons (Fsp3) is 0.640. The molecule has 1 atom stereocenters. The van der Waals surface area contributed by atoms with E-state index in [1.807, 2.05) is 13.8 Å². The van der Waals surface area contributed by atoms with E-state index in [0.717, 1.165) is 25.7 Å². The Labute approximate surface area is 225 Å². The predicted molar refractivity (Wildman–Crippen MR) is 145 cm³/mol. The summed E-state index contributed by atoms with van der Waals surface area (Å²) in [5, 5.41) is 10.9. The summed E-state index contributed by atoms with van der Waals surface area (Å²) in [4.78, 5) is 4.78. The van der Waals surface area contributed by atoms with E-state index in [1.165, 1.54) is 39.2 Å². The fourth-order valence-corrected chi connectivity index (χ4v) is 8.78. The van der Waals surface area contributed by atoms with E-state index in [1.54, 1.807) is 23.8 Å². The van der Waals surface area contributed by atoms with Crippen molar-refractivity contribution >= 4 is 31.4 Å². The van der Waals surface area contributed by atoms with Crippen molar-refractivity contribution in [2.75, 3.05) is 33.3 Å². The van der Waals surface area contributed by atoms with Crippen LogP contribution in [0.5, 0.6) is 5.75 Å². The molecule has 0 unspecified atom stereocenters. The number of thiazole rings is 1. The quantitative estimate of drug-likeness (QED) is 0.346. The Morgan fingerprint density at radius 2 is 1.76 bits per heavy atom. The van der Waals surface area contributed by atoms with Crippen LogP contribution in [-0.2, 0) is 25.8 Å². The number of hydrogen-bond donors (Lipinski definition) is 1. The molecule has 0 aliphatic heterocycles. The highest BCUT2D eigenvalue weighted by atomic mass is 32.2. The molecule has 3 rings (SSSR count). The van der Waals surface area contributed by atoms with Gasteiger partial charge in [0, 0.05) is 37.3 Å². The highest BCUT2D eigenvalue weighted by Gasteiger charge is 2.30. The zero-order chi connectivity index (χ0) is 27.1. The first-order valence-corrected chi connectivity index (χ1v) is 16.6. The van der Waals surface area contributed by atoms with Crippen LogP contribution in [0.15, 0.2) is 40.9 Å². The number of aliphatic hydroxyl groups is 1. The van der Waals surface area contributed by atoms with Gasteiger partial charge in [0.2, 0.25) is 20.0 Å². The monoisotopic (exact) mass is 573 g/mol. The van der Waals surface area contributed by atoms with Crippen LogP contribution in [0.4, 0.5) is 0 Å². The molecule has 1 aromatic carbocycles. The van der Waals surface area contributed by atoms with Gasteiger partial charge >= 0.3 is 0 Å². The molecule has 1 aliphatic carbocycles. The van der Waals surface area contributed by atoms with E-state index >= 15 is 0 Å². The summed E-state index contributed by atoms with van der Waals surface area (Å²) in [6.45, 7) is 4.51. The van der Waals surface area contributed by atoms with Crippen LogP contribution in [0.3, 0.4) is 0 Å². The van der Waals surface area contributed by atoms with E-state index in [9.17, 15) is 21.9 Å². The lowest BCUT2D eigenvalue weighted by molar-refractivity contribution is 0.125. The van der Waals surface area contributed by atoms with Crippen LogP contribution in [0.25, 0.3) is 0 Å². The number of methoxy groups -OCH3 is 1. The van der Waals surface area contributed by atoms with Gasteiger partial charge < -0.3 is 9.84 Å². The average Bonchev–Trinajstić information content (AvgIpc) is 3.55. The Hall–Kier alpha value is -1.57. The summed E-state index contributed by atoms with van der Waals surface area (Å²) < 4.78 is 61.2. The number of rotatable bonds is 15. The number of sulfonamides is 2. The molecule has 0 saturated heterocycles. The molecule has 1 saturated carbocycles. The van der Waals surface area contributed by atoms with Crippen molar-refractivity contribution in [1.29, 1.82) is 0 Å². The number of ether oxygens (including phenoxy) is 1. The molecule has 9 nitrogen and oxygen atoms in total. The molecule has 0 radical (unpaired) electrons. The molecular formula is C25H39N3O6S3. The van der Waals surface area contributed by atoms with Crippen molar-refractivity contribution in [3.63, 3.8) is 0 Å². The second kappa shape index (κ2) is 13.5. The van der Waals surface area contributed by atoms with Gasteiger partial charge in [-0.15, -0.1) is 11.3 Å². The van der Waals surface area contributed by atoms with Crippen molar-refractivity contribution in [3.8, 4) is 5.75 Å². The molecule has 0 bridgehead atoms. The number of nitrogens with zero attached hydrogens (tertiary/aromatic N) is 3. The largest absolute Gasteiger partial charge is 0.497 e. The molecule has 208 valence electrons. The lowest BCUT2D eigenvalue weighted by Crippen LogP contribution is -2.42. The van der Waals surface area contributed by atoms with E-state index in [2.05, 4.69) is 4.98 Å². The summed E-state index contributed by atoms with van der Waals surface area (Å²) in [5.41, 5.74) is 1.61. The maximum absolute atomic E-state index is 13.4. The van der Waals surface area contributed by atoms with Crippen LogP contribution in [0, 0.1) is 11.8 Å². The Balaban J connectivity index is 1.71. The average molecular weight is 574 g/mol. The van der Waals surface area contributed by atoms with Crippen molar-refractivity contribution in [3.05, 3.63) is 40.8 Å². The minimum atomic E-state index is -3.86. The van der Waals surface area contributed by atoms with Gasteiger partial charge in [0.15, 0.2) is 0 Å². The van der Waals surface area contributed by atoms with Crippen molar-refractivity contribution in [1.82, 2.24) is 13.6 Å². The first-order chi connectivity index (χ1) is 17.5. The fourth-order valence-electron chi connectivity index (χ4n) is 4.60. The standard InChI is InChI=1S/C25H39N3O6S3/c1-20(2)15-28(37(32,33)25-10-8-23(34-3)9-11-25)17-22(29)12-13-27(16-21-6-4-5-7-21)36(30,31)18-24-14-26-19-35-24/h8-11,14,19-22,29H,4-7,12-13,15-18H2,1-3H3/t22-/m0/s1. The summed E-state index contributed by atoms with van der Waals surface area (Å²) in [6.07, 6.45) is 4.89. The highest BCUT2D eigenvalue weighted by Crippen LogP contribution is 2.28. The number of aliphatic hydroxyl groups excluding tert-OH is 1. The molecule has 1 heterocycles. The van der Waals surface area contributed by atoms with Crippen molar-refractivity contribution in [2.24, 2.45) is 11.8 Å². The van der Waals surface area contributed by atoms with E-state index in [0.29, 0.717) is 23.1 Å². The predicted octanol–water partition coefficient (Wildman–Crippen LogP) is 3.57. The normalized spacial score (nSPS) is 16.2. The zero-order valence-corrected chi connectivity index (χ0v) is 24.3. The molecule has 12 heteroatoms. The van der Waals surface area contributed by atoms with Gasteiger partial charge in [0.25, 0.3) is 0 Å². The van der Waals surface area contributed by atoms with Crippen LogP contribution < -0.4 is 4.74 Å². The Kier molecular flexibility index (Phi) is 10.9. The van der Waals surface area contributed by atoms with Gasteiger partial charge in [-0.2, -0.15) is 4.31 Å². The minimum Gasteiger partial charge on any atom is -0.497 e. The van der Waals surface area contributed by atoms with Crippen LogP contribution in [0.2, 0.25) is 0 Å². The molecule has 0 spiro atoms. The SMILES string of the molecule is COc1ccc(S(=O)(=O)N(CC(C)C)C[C@@H](O)CCN(CC2CCCC2)S(=O)(=O)Cc2cncs2)cc1. The zero-order valence-electron chi connectivity index (χ0n) is 21.8. The first-order valence-electron chi connectivity index (χ1n) is 12.7. The third-order valence-corrected chi connectivity index (χ3v) is 11.1. The summed E-state index contributed by atoms with van der Waals surface area (Å²) in [7, 11) is -5.95. The Morgan fingerprint density at radius 1 is 1.08 bits per heavy atom. The Bertz CT molecular complexity index is 1160. The van der Waals surface area contributed by atoms with Gasteiger partial charge in [-0.25, -0.2) is 21.1 Å². The molecular weight excluding hydrogens is 534 g/mol. The number of hydrogen-bond acceptors (Lipinski definition) is 8. The summed E-state index contributed by atoms with van der Waals surface area (Å²) in [6, 6.07) is 6.16. The highest BCUT2D eigenvalue weighted by molar-refractivity contribution is 7.89. The molecule has 37 heavy (non-hydrogen) atoms. The first kappa shape index (κ1) is 30.0. The second-order valence-corrected chi connectivity index (χ2v) is 14.9. The lowest BCUT2D eigenvalue weighted by Gasteiger charge is -2.29. The third-order valence-electron chi connectivity index (χ3n) is 6.53. The van der Waals surface area contributed by atoms with Gasteiger partial charge in [-0.05, 0) is 55.4 Å². The summed E-state index contributed by atoms with van der Waals surface area (Å²) in [5.74, 6) is 0.780. The van der Waals surface area contributed by atoms with Crippen molar-refractivity contribution < 1.29 is 26.7 Å². The van der Waals surface area contributed by atoms with Crippen LogP contribution >= 0.6 is 11.3 Å². The number of aromatic nitrogens is 1. The summed E-state index contributed by atoms with van der Waals surface area (Å²) >= 11 is 1.30. The molecule has 0 amide bonds. The molecule has 1 fully saturated rings. The van der Waals surface area contributed by atoms with Gasteiger partial charge in [-0.1, -0.05) is 26.7 Å². The maximum Gasteiger partial charge on any atom is 0.243 e. The lowest BCUT2D eigenvalue weighted by atomic mass is 10.1. The van der Waals surface area contributed by atoms with Crippen LogP contribution in [0.1, 0.15) is 50.8 Å². The topological polar surface area (TPSA) is 117 Å². The molecule has 2 aromatic rings. The second-order valence-electron chi connectivity index (χ2n) is 10.1.